The first-order valence-electron chi connectivity index (χ1n) is 14.8. The number of Topliss-reactive ketones (excluding diaryl/α,β-unsaturated/α-hetero) is 1. The number of aromatic nitrogens is 4. The second-order valence-electron chi connectivity index (χ2n) is 11.0. The standard InChI is InChI=1S/C30H43N9O6/c1-6-44-24(42)19-38(16-15-31-5)23(41)18-39-20-35-25-26(34-17-22(40)21-11-8-7-9-12-21)36-28(37-27(25)39)32-13-10-14-33-29(43)45-30(2,3)4/h7-9,11-12,20,31H,6,10,13-19H2,1-5H3,(H,33,43)(H2,32,34,36,37). The fourth-order valence-electron chi connectivity index (χ4n) is 4.09. The molecule has 0 unspecified atom stereocenters. The molecule has 2 heterocycles. The molecule has 0 aliphatic rings. The molecule has 244 valence electrons. The van der Waals surface area contributed by atoms with E-state index in [4.69, 9.17) is 9.47 Å². The molecule has 4 N–H and O–H groups in total. The molecule has 15 nitrogen and oxygen atoms in total. The summed E-state index contributed by atoms with van der Waals surface area (Å²) in [5.74, 6) is -0.417. The second kappa shape index (κ2) is 16.9. The van der Waals surface area contributed by atoms with Crippen LogP contribution in [0, 0.1) is 0 Å². The number of carbonyl (C=O) groups is 4. The molecular formula is C30H43N9O6. The van der Waals surface area contributed by atoms with Crippen LogP contribution >= 0.6 is 0 Å². The first-order chi connectivity index (χ1) is 21.5. The number of hydrogen-bond donors (Lipinski definition) is 4. The maximum Gasteiger partial charge on any atom is 0.407 e. The number of rotatable bonds is 17. The number of anilines is 2. The number of carbonyl (C=O) groups excluding carboxylic acids is 4. The van der Waals surface area contributed by atoms with Crippen molar-refractivity contribution in [2.24, 2.45) is 0 Å². The number of likely N-dealkylation sites (N-methyl/N-ethyl adjacent to an activating group) is 1. The third kappa shape index (κ3) is 11.3. The quantitative estimate of drug-likeness (QED) is 0.0975. The van der Waals surface area contributed by atoms with Crippen LogP contribution in [0.5, 0.6) is 0 Å². The Kier molecular flexibility index (Phi) is 13.0. The van der Waals surface area contributed by atoms with Gasteiger partial charge in [0.05, 0.1) is 19.5 Å². The number of fused-ring (bicyclic) bond motifs is 1. The van der Waals surface area contributed by atoms with Gasteiger partial charge >= 0.3 is 12.1 Å². The Hall–Kier alpha value is -4.79. The molecule has 0 aliphatic heterocycles. The molecule has 0 spiro atoms. The first kappa shape index (κ1) is 34.7. The van der Waals surface area contributed by atoms with Gasteiger partial charge in [-0.15, -0.1) is 0 Å². The van der Waals surface area contributed by atoms with E-state index in [2.05, 4.69) is 36.2 Å². The number of esters is 1. The SMILES string of the molecule is CCOC(=O)CN(CCNC)C(=O)Cn1cnc2c(NCC(=O)c3ccccc3)nc(NCCCNC(=O)OC(C)(C)C)nc21. The number of ether oxygens (including phenoxy) is 2. The van der Waals surface area contributed by atoms with Crippen LogP contribution in [-0.2, 0) is 25.6 Å². The average Bonchev–Trinajstić information content (AvgIpc) is 3.39. The van der Waals surface area contributed by atoms with Crippen LogP contribution in [-0.4, -0.2) is 107 Å². The molecule has 45 heavy (non-hydrogen) atoms. The molecular weight excluding hydrogens is 582 g/mol. The molecule has 0 fully saturated rings. The van der Waals surface area contributed by atoms with Crippen molar-refractivity contribution in [2.45, 2.75) is 46.3 Å². The van der Waals surface area contributed by atoms with E-state index in [1.54, 1.807) is 63.6 Å². The molecule has 3 aromatic rings. The Balaban J connectivity index is 1.79. The molecule has 1 aromatic carbocycles. The van der Waals surface area contributed by atoms with Gasteiger partial charge in [0.1, 0.15) is 18.7 Å². The predicted molar refractivity (Wildman–Crippen MR) is 169 cm³/mol. The Bertz CT molecular complexity index is 1440. The van der Waals surface area contributed by atoms with Gasteiger partial charge in [-0.05, 0) is 41.2 Å². The molecule has 2 amide bonds. The summed E-state index contributed by atoms with van der Waals surface area (Å²) < 4.78 is 11.9. The normalized spacial score (nSPS) is 11.1. The molecule has 0 atom stereocenters. The van der Waals surface area contributed by atoms with Gasteiger partial charge in [-0.25, -0.2) is 9.78 Å². The number of imidazole rings is 1. The van der Waals surface area contributed by atoms with Crippen LogP contribution in [0.25, 0.3) is 11.2 Å². The van der Waals surface area contributed by atoms with E-state index in [-0.39, 0.29) is 43.9 Å². The van der Waals surface area contributed by atoms with Crippen LogP contribution in [0.2, 0.25) is 0 Å². The molecule has 0 aliphatic carbocycles. The van der Waals surface area contributed by atoms with Gasteiger partial charge in [0.25, 0.3) is 0 Å². The Morgan fingerprint density at radius 2 is 1.76 bits per heavy atom. The molecule has 0 saturated carbocycles. The molecule has 0 bridgehead atoms. The largest absolute Gasteiger partial charge is 0.465 e. The predicted octanol–water partition coefficient (Wildman–Crippen LogP) is 2.06. The van der Waals surface area contributed by atoms with Gasteiger partial charge in [0.2, 0.25) is 11.9 Å². The summed E-state index contributed by atoms with van der Waals surface area (Å²) in [6.45, 7) is 8.47. The topological polar surface area (TPSA) is 182 Å². The van der Waals surface area contributed by atoms with E-state index >= 15 is 0 Å². The Morgan fingerprint density at radius 3 is 2.44 bits per heavy atom. The van der Waals surface area contributed by atoms with E-state index < -0.39 is 17.7 Å². The number of amides is 2. The zero-order chi connectivity index (χ0) is 32.8. The summed E-state index contributed by atoms with van der Waals surface area (Å²) >= 11 is 0. The van der Waals surface area contributed by atoms with Gasteiger partial charge in [-0.1, -0.05) is 30.3 Å². The third-order valence-electron chi connectivity index (χ3n) is 6.20. The monoisotopic (exact) mass is 625 g/mol. The van der Waals surface area contributed by atoms with Crippen LogP contribution < -0.4 is 21.3 Å². The van der Waals surface area contributed by atoms with Crippen LogP contribution in [0.1, 0.15) is 44.5 Å². The smallest absolute Gasteiger partial charge is 0.407 e. The lowest BCUT2D eigenvalue weighted by Crippen LogP contribution is -2.41. The highest BCUT2D eigenvalue weighted by molar-refractivity contribution is 5.99. The van der Waals surface area contributed by atoms with Crippen molar-refractivity contribution in [1.29, 1.82) is 0 Å². The zero-order valence-electron chi connectivity index (χ0n) is 26.5. The minimum absolute atomic E-state index is 0.0432. The first-order valence-corrected chi connectivity index (χ1v) is 14.8. The second-order valence-corrected chi connectivity index (χ2v) is 11.0. The number of nitrogens with one attached hydrogen (secondary N) is 4. The van der Waals surface area contributed by atoms with Crippen molar-refractivity contribution >= 4 is 46.7 Å². The van der Waals surface area contributed by atoms with Gasteiger partial charge in [0.15, 0.2) is 22.8 Å². The zero-order valence-corrected chi connectivity index (χ0v) is 26.5. The van der Waals surface area contributed by atoms with Crippen LogP contribution in [0.4, 0.5) is 16.6 Å². The lowest BCUT2D eigenvalue weighted by Gasteiger charge is -2.22. The fraction of sp³-hybridized carbons (Fsp3) is 0.500. The summed E-state index contributed by atoms with van der Waals surface area (Å²) in [4.78, 5) is 65.1. The van der Waals surface area contributed by atoms with Gasteiger partial charge in [0, 0.05) is 31.7 Å². The van der Waals surface area contributed by atoms with Crippen molar-refractivity contribution in [3.8, 4) is 0 Å². The highest BCUT2D eigenvalue weighted by Gasteiger charge is 2.21. The van der Waals surface area contributed by atoms with Crippen molar-refractivity contribution in [3.63, 3.8) is 0 Å². The van der Waals surface area contributed by atoms with Crippen molar-refractivity contribution in [2.75, 3.05) is 63.6 Å². The fourth-order valence-corrected chi connectivity index (χ4v) is 4.09. The lowest BCUT2D eigenvalue weighted by atomic mass is 10.1. The minimum atomic E-state index is -0.593. The molecule has 3 rings (SSSR count). The van der Waals surface area contributed by atoms with Gasteiger partial charge in [-0.2, -0.15) is 9.97 Å². The summed E-state index contributed by atoms with van der Waals surface area (Å²) in [5, 5.41) is 11.9. The number of alkyl carbamates (subject to hydrolysis) is 1. The van der Waals surface area contributed by atoms with E-state index in [9.17, 15) is 19.2 Å². The number of benzene rings is 1. The summed E-state index contributed by atoms with van der Waals surface area (Å²) in [7, 11) is 1.76. The maximum absolute atomic E-state index is 13.3. The van der Waals surface area contributed by atoms with Crippen molar-refractivity contribution in [3.05, 3.63) is 42.2 Å². The number of nitrogens with zero attached hydrogens (tertiary/aromatic N) is 5. The molecule has 15 heteroatoms. The van der Waals surface area contributed by atoms with E-state index in [1.807, 2.05) is 6.07 Å². The van der Waals surface area contributed by atoms with E-state index in [0.29, 0.717) is 55.1 Å². The minimum Gasteiger partial charge on any atom is -0.465 e. The summed E-state index contributed by atoms with van der Waals surface area (Å²) in [6.07, 6.45) is 1.51. The molecule has 2 aromatic heterocycles. The van der Waals surface area contributed by atoms with Gasteiger partial charge in [-0.3, -0.25) is 14.4 Å². The Morgan fingerprint density at radius 1 is 1.00 bits per heavy atom. The summed E-state index contributed by atoms with van der Waals surface area (Å²) in [6, 6.07) is 8.87. The maximum atomic E-state index is 13.3. The number of hydrogen-bond acceptors (Lipinski definition) is 12. The van der Waals surface area contributed by atoms with Crippen LogP contribution in [0.3, 0.4) is 0 Å². The lowest BCUT2D eigenvalue weighted by molar-refractivity contribution is -0.149. The summed E-state index contributed by atoms with van der Waals surface area (Å²) in [5.41, 5.74) is 0.676. The Labute approximate surface area is 262 Å². The van der Waals surface area contributed by atoms with E-state index in [0.717, 1.165) is 0 Å². The van der Waals surface area contributed by atoms with Gasteiger partial charge < -0.3 is 40.2 Å². The van der Waals surface area contributed by atoms with Crippen LogP contribution in [0.15, 0.2) is 36.7 Å². The average molecular weight is 626 g/mol. The molecule has 0 saturated heterocycles. The highest BCUT2D eigenvalue weighted by atomic mass is 16.6. The number of ketones is 1. The van der Waals surface area contributed by atoms with Crippen molar-refractivity contribution < 1.29 is 28.7 Å². The third-order valence-corrected chi connectivity index (χ3v) is 6.20. The molecule has 0 radical (unpaired) electrons. The van der Waals surface area contributed by atoms with Crippen molar-refractivity contribution in [1.82, 2.24) is 35.1 Å². The van der Waals surface area contributed by atoms with E-state index in [1.165, 1.54) is 11.2 Å². The highest BCUT2D eigenvalue weighted by Crippen LogP contribution is 2.21.